The molecule has 8 heteroatoms. The maximum atomic E-state index is 13.7. The average molecular weight is 524 g/mol. The van der Waals surface area contributed by atoms with Crippen LogP contribution in [0.5, 0.6) is 5.75 Å². The highest BCUT2D eigenvalue weighted by atomic mass is 35.5. The van der Waals surface area contributed by atoms with Crippen molar-refractivity contribution >= 4 is 50.8 Å². The van der Waals surface area contributed by atoms with Crippen molar-refractivity contribution in [3.05, 3.63) is 89.5 Å². The topological polar surface area (TPSA) is 62.7 Å². The van der Waals surface area contributed by atoms with Crippen molar-refractivity contribution in [2.24, 2.45) is 0 Å². The van der Waals surface area contributed by atoms with E-state index in [9.17, 15) is 9.59 Å². The van der Waals surface area contributed by atoms with Crippen LogP contribution in [0.3, 0.4) is 0 Å². The number of amides is 1. The first-order valence-electron chi connectivity index (χ1n) is 11.7. The van der Waals surface area contributed by atoms with E-state index in [2.05, 4.69) is 18.7 Å². The molecule has 0 aliphatic carbocycles. The van der Waals surface area contributed by atoms with Gasteiger partial charge in [-0.3, -0.25) is 14.5 Å². The molecular weight excluding hydrogens is 494 g/mol. The number of thiazole rings is 1. The van der Waals surface area contributed by atoms with Gasteiger partial charge in [0, 0.05) is 29.8 Å². The number of ketones is 1. The Hall–Kier alpha value is -3.26. The number of halogens is 1. The van der Waals surface area contributed by atoms with E-state index in [4.69, 9.17) is 9.72 Å². The SMILES string of the molecule is CCN(CC)CCN(C(=O)c1ccc(C(=O)c2ccccc2)cc1)c1nc2c(OC)cccc2s1.Cl. The van der Waals surface area contributed by atoms with Gasteiger partial charge >= 0.3 is 0 Å². The number of hydrogen-bond donors (Lipinski definition) is 0. The van der Waals surface area contributed by atoms with Gasteiger partial charge in [-0.15, -0.1) is 12.4 Å². The van der Waals surface area contributed by atoms with E-state index in [1.165, 1.54) is 11.3 Å². The number of likely N-dealkylation sites (N-methyl/N-ethyl adjacent to an activating group) is 1. The predicted octanol–water partition coefficient (Wildman–Crippen LogP) is 5.95. The van der Waals surface area contributed by atoms with E-state index in [-0.39, 0.29) is 24.1 Å². The van der Waals surface area contributed by atoms with Gasteiger partial charge in [0.1, 0.15) is 11.3 Å². The molecule has 4 rings (SSSR count). The van der Waals surface area contributed by atoms with Gasteiger partial charge in [-0.05, 0) is 37.4 Å². The van der Waals surface area contributed by atoms with Gasteiger partial charge < -0.3 is 9.64 Å². The highest BCUT2D eigenvalue weighted by Gasteiger charge is 2.23. The quantitative estimate of drug-likeness (QED) is 0.240. The molecule has 0 unspecified atom stereocenters. The van der Waals surface area contributed by atoms with E-state index in [0.717, 1.165) is 29.9 Å². The number of nitrogens with zero attached hydrogens (tertiary/aromatic N) is 3. The Morgan fingerprint density at radius 1 is 0.833 bits per heavy atom. The molecule has 0 radical (unpaired) electrons. The van der Waals surface area contributed by atoms with Gasteiger partial charge in [-0.25, -0.2) is 4.98 Å². The summed E-state index contributed by atoms with van der Waals surface area (Å²) < 4.78 is 6.43. The summed E-state index contributed by atoms with van der Waals surface area (Å²) in [5.74, 6) is 0.472. The summed E-state index contributed by atoms with van der Waals surface area (Å²) in [6, 6.07) is 21.8. The minimum atomic E-state index is -0.145. The number of methoxy groups -OCH3 is 1. The Bertz CT molecular complexity index is 1300. The van der Waals surface area contributed by atoms with Crippen LogP contribution in [0.4, 0.5) is 5.13 Å². The van der Waals surface area contributed by atoms with Crippen molar-refractivity contribution in [2.45, 2.75) is 13.8 Å². The van der Waals surface area contributed by atoms with Crippen LogP contribution < -0.4 is 9.64 Å². The smallest absolute Gasteiger partial charge is 0.260 e. The van der Waals surface area contributed by atoms with E-state index in [1.54, 1.807) is 48.4 Å². The van der Waals surface area contributed by atoms with Gasteiger partial charge in [-0.1, -0.05) is 73.7 Å². The van der Waals surface area contributed by atoms with Crippen LogP contribution in [-0.2, 0) is 0 Å². The molecule has 0 atom stereocenters. The highest BCUT2D eigenvalue weighted by molar-refractivity contribution is 7.22. The van der Waals surface area contributed by atoms with Crippen LogP contribution in [0.25, 0.3) is 10.2 Å². The Kier molecular flexibility index (Phi) is 9.58. The molecule has 36 heavy (non-hydrogen) atoms. The van der Waals surface area contributed by atoms with Crippen LogP contribution in [0.1, 0.15) is 40.1 Å². The first-order valence-corrected chi connectivity index (χ1v) is 12.5. The molecule has 188 valence electrons. The maximum absolute atomic E-state index is 13.7. The van der Waals surface area contributed by atoms with Crippen LogP contribution in [0.15, 0.2) is 72.8 Å². The normalized spacial score (nSPS) is 10.8. The number of rotatable bonds is 10. The van der Waals surface area contributed by atoms with Crippen LogP contribution in [0.2, 0.25) is 0 Å². The van der Waals surface area contributed by atoms with Crippen LogP contribution in [0, 0.1) is 0 Å². The lowest BCUT2D eigenvalue weighted by atomic mass is 10.0. The number of hydrogen-bond acceptors (Lipinski definition) is 6. The Labute approximate surface area is 221 Å². The fourth-order valence-corrected chi connectivity index (χ4v) is 4.94. The standard InChI is InChI=1S/C28H29N3O3S.ClH/c1-4-30(5-2)18-19-31(28-29-25-23(34-3)12-9-13-24(25)35-28)27(33)22-16-14-21(15-17-22)26(32)20-10-7-6-8-11-20;/h6-17H,4-5,18-19H2,1-3H3;1H. The third kappa shape index (κ3) is 5.93. The predicted molar refractivity (Wildman–Crippen MR) is 149 cm³/mol. The summed E-state index contributed by atoms with van der Waals surface area (Å²) in [4.78, 5) is 35.2. The lowest BCUT2D eigenvalue weighted by Gasteiger charge is -2.24. The van der Waals surface area contributed by atoms with Gasteiger partial charge in [-0.2, -0.15) is 0 Å². The summed E-state index contributed by atoms with van der Waals surface area (Å²) in [6.07, 6.45) is 0. The monoisotopic (exact) mass is 523 g/mol. The molecule has 0 bridgehead atoms. The van der Waals surface area contributed by atoms with E-state index >= 15 is 0 Å². The second kappa shape index (κ2) is 12.6. The molecular formula is C28H30ClN3O3S. The van der Waals surface area contributed by atoms with Gasteiger partial charge in [0.25, 0.3) is 5.91 Å². The van der Waals surface area contributed by atoms with Crippen molar-refractivity contribution in [1.29, 1.82) is 0 Å². The van der Waals surface area contributed by atoms with Crippen molar-refractivity contribution in [3.63, 3.8) is 0 Å². The Morgan fingerprint density at radius 3 is 2.11 bits per heavy atom. The molecule has 1 heterocycles. The minimum absolute atomic E-state index is 0. The summed E-state index contributed by atoms with van der Waals surface area (Å²) in [6.45, 7) is 7.27. The highest BCUT2D eigenvalue weighted by Crippen LogP contribution is 2.34. The molecule has 1 aromatic heterocycles. The Morgan fingerprint density at radius 2 is 1.47 bits per heavy atom. The van der Waals surface area contributed by atoms with E-state index in [1.807, 2.05) is 36.4 Å². The van der Waals surface area contributed by atoms with Crippen LogP contribution >= 0.6 is 23.7 Å². The average Bonchev–Trinajstić information content (AvgIpc) is 3.35. The Balaban J connectivity index is 0.00000361. The first kappa shape index (κ1) is 27.3. The number of aromatic nitrogens is 1. The molecule has 4 aromatic rings. The fourth-order valence-electron chi connectivity index (χ4n) is 3.93. The number of carbonyl (C=O) groups is 2. The first-order chi connectivity index (χ1) is 17.0. The summed E-state index contributed by atoms with van der Waals surface area (Å²) >= 11 is 1.47. The number of carbonyl (C=O) groups excluding carboxylic acids is 2. The molecule has 0 aliphatic rings. The molecule has 0 fully saturated rings. The van der Waals surface area contributed by atoms with Crippen molar-refractivity contribution < 1.29 is 14.3 Å². The number of ether oxygens (including phenoxy) is 1. The van der Waals surface area contributed by atoms with Gasteiger partial charge in [0.15, 0.2) is 10.9 Å². The van der Waals surface area contributed by atoms with Crippen molar-refractivity contribution in [1.82, 2.24) is 9.88 Å². The molecule has 3 aromatic carbocycles. The number of anilines is 1. The fraction of sp³-hybridized carbons (Fsp3) is 0.250. The zero-order chi connectivity index (χ0) is 24.8. The molecule has 0 saturated heterocycles. The molecule has 1 amide bonds. The summed E-state index contributed by atoms with van der Waals surface area (Å²) in [5.41, 5.74) is 2.43. The van der Waals surface area contributed by atoms with E-state index in [0.29, 0.717) is 34.1 Å². The molecule has 0 spiro atoms. The molecule has 6 nitrogen and oxygen atoms in total. The van der Waals surface area contributed by atoms with Crippen molar-refractivity contribution in [3.8, 4) is 5.75 Å². The number of benzene rings is 3. The van der Waals surface area contributed by atoms with E-state index < -0.39 is 0 Å². The lowest BCUT2D eigenvalue weighted by molar-refractivity contribution is 0.0981. The summed E-state index contributed by atoms with van der Waals surface area (Å²) in [7, 11) is 1.62. The zero-order valence-electron chi connectivity index (χ0n) is 20.6. The lowest BCUT2D eigenvalue weighted by Crippen LogP contribution is -2.38. The number of para-hydroxylation sites is 1. The largest absolute Gasteiger partial charge is 0.494 e. The summed E-state index contributed by atoms with van der Waals surface area (Å²) in [5, 5.41) is 0.631. The van der Waals surface area contributed by atoms with Gasteiger partial charge in [0.05, 0.1) is 11.8 Å². The maximum Gasteiger partial charge on any atom is 0.260 e. The third-order valence-corrected chi connectivity index (χ3v) is 7.07. The molecule has 0 N–H and O–H groups in total. The van der Waals surface area contributed by atoms with Gasteiger partial charge in [0.2, 0.25) is 0 Å². The zero-order valence-corrected chi connectivity index (χ0v) is 22.3. The second-order valence-corrected chi connectivity index (χ2v) is 9.07. The van der Waals surface area contributed by atoms with Crippen molar-refractivity contribution in [2.75, 3.05) is 38.2 Å². The van der Waals surface area contributed by atoms with Crippen LogP contribution in [-0.4, -0.2) is 54.9 Å². The molecule has 0 aliphatic heterocycles. The number of fused-ring (bicyclic) bond motifs is 1. The third-order valence-electron chi connectivity index (χ3n) is 6.03. The minimum Gasteiger partial charge on any atom is -0.494 e. The second-order valence-electron chi connectivity index (χ2n) is 8.06. The molecule has 0 saturated carbocycles.